The molecule has 1 aromatic carbocycles. The van der Waals surface area contributed by atoms with Crippen molar-refractivity contribution < 1.29 is 9.21 Å². The van der Waals surface area contributed by atoms with Gasteiger partial charge in [0.2, 0.25) is 5.91 Å². The summed E-state index contributed by atoms with van der Waals surface area (Å²) in [5.74, 6) is 1.26. The van der Waals surface area contributed by atoms with E-state index in [1.807, 2.05) is 37.3 Å². The number of aryl methyl sites for hydroxylation is 1. The zero-order chi connectivity index (χ0) is 14.5. The second kappa shape index (κ2) is 6.52. The molecule has 0 unspecified atom stereocenters. The van der Waals surface area contributed by atoms with Crippen LogP contribution in [0.3, 0.4) is 0 Å². The molecule has 0 aliphatic carbocycles. The van der Waals surface area contributed by atoms with E-state index in [1.165, 1.54) is 11.8 Å². The van der Waals surface area contributed by atoms with Gasteiger partial charge in [0.15, 0.2) is 0 Å². The highest BCUT2D eigenvalue weighted by atomic mass is 32.2. The molecule has 1 heterocycles. The second-order valence-electron chi connectivity index (χ2n) is 4.64. The van der Waals surface area contributed by atoms with Gasteiger partial charge in [-0.2, -0.15) is 0 Å². The molecular weight excluding hydrogens is 272 g/mol. The van der Waals surface area contributed by atoms with E-state index < -0.39 is 0 Å². The first kappa shape index (κ1) is 14.5. The van der Waals surface area contributed by atoms with Crippen LogP contribution in [0.15, 0.2) is 45.9 Å². The zero-order valence-electron chi connectivity index (χ0n) is 11.6. The molecule has 0 aliphatic heterocycles. The van der Waals surface area contributed by atoms with Crippen molar-refractivity contribution in [3.05, 3.63) is 47.9 Å². The summed E-state index contributed by atoms with van der Waals surface area (Å²) in [4.78, 5) is 14.8. The first-order chi connectivity index (χ1) is 9.56. The minimum atomic E-state index is 0.0719. The first-order valence-electron chi connectivity index (χ1n) is 6.31. The number of amides is 1. The Kier molecular flexibility index (Phi) is 4.74. The van der Waals surface area contributed by atoms with Gasteiger partial charge in [0.25, 0.3) is 0 Å². The Balaban J connectivity index is 1.88. The Labute approximate surface area is 122 Å². The van der Waals surface area contributed by atoms with Crippen LogP contribution in [0, 0.1) is 6.92 Å². The predicted molar refractivity (Wildman–Crippen MR) is 81.5 cm³/mol. The van der Waals surface area contributed by atoms with Crippen LogP contribution in [-0.4, -0.2) is 23.6 Å². The van der Waals surface area contributed by atoms with Gasteiger partial charge in [-0.05, 0) is 42.8 Å². The molecule has 0 aliphatic rings. The summed E-state index contributed by atoms with van der Waals surface area (Å²) in [6.07, 6.45) is 1.61. The first-order valence-corrected chi connectivity index (χ1v) is 7.30. The molecule has 0 fully saturated rings. The minimum absolute atomic E-state index is 0.0719. The number of benzene rings is 1. The van der Waals surface area contributed by atoms with E-state index in [9.17, 15) is 4.79 Å². The molecule has 4 nitrogen and oxygen atoms in total. The van der Waals surface area contributed by atoms with Gasteiger partial charge in [0.1, 0.15) is 5.76 Å². The van der Waals surface area contributed by atoms with Crippen LogP contribution >= 0.6 is 11.8 Å². The molecule has 2 N–H and O–H groups in total. The van der Waals surface area contributed by atoms with Crippen LogP contribution in [0.4, 0.5) is 5.69 Å². The molecule has 0 radical (unpaired) electrons. The lowest BCUT2D eigenvalue weighted by atomic mass is 10.2. The summed E-state index contributed by atoms with van der Waals surface area (Å²) in [5, 5.41) is 0. The van der Waals surface area contributed by atoms with Gasteiger partial charge in [-0.15, -0.1) is 11.8 Å². The van der Waals surface area contributed by atoms with Crippen LogP contribution < -0.4 is 5.73 Å². The van der Waals surface area contributed by atoms with E-state index in [4.69, 9.17) is 10.2 Å². The monoisotopic (exact) mass is 290 g/mol. The lowest BCUT2D eigenvalue weighted by Crippen LogP contribution is -2.27. The topological polar surface area (TPSA) is 59.5 Å². The Hall–Kier alpha value is -1.88. The Morgan fingerprint density at radius 1 is 1.40 bits per heavy atom. The van der Waals surface area contributed by atoms with Gasteiger partial charge in [-0.3, -0.25) is 4.79 Å². The van der Waals surface area contributed by atoms with E-state index in [2.05, 4.69) is 0 Å². The van der Waals surface area contributed by atoms with E-state index >= 15 is 0 Å². The minimum Gasteiger partial charge on any atom is -0.467 e. The number of anilines is 1. The van der Waals surface area contributed by atoms with Gasteiger partial charge >= 0.3 is 0 Å². The van der Waals surface area contributed by atoms with Crippen molar-refractivity contribution in [1.29, 1.82) is 0 Å². The molecule has 5 heteroatoms. The molecule has 0 atom stereocenters. The fourth-order valence-electron chi connectivity index (χ4n) is 1.81. The third-order valence-corrected chi connectivity index (χ3v) is 4.11. The standard InChI is InChI=1S/C15H18N2O2S/c1-11-8-12(16)5-6-14(11)20-10-15(18)17(2)9-13-4-3-7-19-13/h3-8H,9-10,16H2,1-2H3. The normalized spacial score (nSPS) is 10.5. The average molecular weight is 290 g/mol. The van der Waals surface area contributed by atoms with Crippen LogP contribution in [0.1, 0.15) is 11.3 Å². The fraction of sp³-hybridized carbons (Fsp3) is 0.267. The van der Waals surface area contributed by atoms with E-state index in [0.717, 1.165) is 21.9 Å². The van der Waals surface area contributed by atoms with Crippen molar-refractivity contribution in [2.24, 2.45) is 0 Å². The molecule has 2 rings (SSSR count). The molecule has 1 amide bonds. The maximum atomic E-state index is 12.1. The molecule has 2 aromatic rings. The van der Waals surface area contributed by atoms with Crippen molar-refractivity contribution in [2.75, 3.05) is 18.5 Å². The van der Waals surface area contributed by atoms with Crippen LogP contribution in [0.25, 0.3) is 0 Å². The summed E-state index contributed by atoms with van der Waals surface area (Å²) in [7, 11) is 1.78. The maximum absolute atomic E-state index is 12.1. The molecule has 20 heavy (non-hydrogen) atoms. The van der Waals surface area contributed by atoms with Gasteiger partial charge in [0, 0.05) is 17.6 Å². The highest BCUT2D eigenvalue weighted by Crippen LogP contribution is 2.24. The number of furan rings is 1. The number of nitrogens with zero attached hydrogens (tertiary/aromatic N) is 1. The number of thioether (sulfide) groups is 1. The zero-order valence-corrected chi connectivity index (χ0v) is 12.4. The summed E-state index contributed by atoms with van der Waals surface area (Å²) in [5.41, 5.74) is 7.55. The highest BCUT2D eigenvalue weighted by molar-refractivity contribution is 8.00. The molecular formula is C15H18N2O2S. The third-order valence-electron chi connectivity index (χ3n) is 2.95. The molecule has 0 spiro atoms. The lowest BCUT2D eigenvalue weighted by Gasteiger charge is -2.15. The molecule has 0 saturated carbocycles. The van der Waals surface area contributed by atoms with Crippen LogP contribution in [0.5, 0.6) is 0 Å². The number of rotatable bonds is 5. The Morgan fingerprint density at radius 3 is 2.85 bits per heavy atom. The Bertz CT molecular complexity index is 582. The van der Waals surface area contributed by atoms with Crippen molar-refractivity contribution in [1.82, 2.24) is 4.90 Å². The van der Waals surface area contributed by atoms with Crippen LogP contribution in [0.2, 0.25) is 0 Å². The van der Waals surface area contributed by atoms with Crippen molar-refractivity contribution >= 4 is 23.4 Å². The van der Waals surface area contributed by atoms with Crippen molar-refractivity contribution in [3.8, 4) is 0 Å². The Morgan fingerprint density at radius 2 is 2.20 bits per heavy atom. The second-order valence-corrected chi connectivity index (χ2v) is 5.66. The average Bonchev–Trinajstić information content (AvgIpc) is 2.90. The largest absolute Gasteiger partial charge is 0.467 e. The molecule has 106 valence electrons. The number of carbonyl (C=O) groups is 1. The van der Waals surface area contributed by atoms with Gasteiger partial charge in [-0.1, -0.05) is 0 Å². The van der Waals surface area contributed by atoms with Crippen molar-refractivity contribution in [2.45, 2.75) is 18.4 Å². The third kappa shape index (κ3) is 3.81. The summed E-state index contributed by atoms with van der Waals surface area (Å²) in [6, 6.07) is 9.40. The van der Waals surface area contributed by atoms with E-state index in [-0.39, 0.29) is 5.91 Å². The molecule has 0 saturated heterocycles. The summed E-state index contributed by atoms with van der Waals surface area (Å²) in [6.45, 7) is 2.49. The van der Waals surface area contributed by atoms with E-state index in [1.54, 1.807) is 18.2 Å². The summed E-state index contributed by atoms with van der Waals surface area (Å²) < 4.78 is 5.23. The number of hydrogen-bond acceptors (Lipinski definition) is 4. The van der Waals surface area contributed by atoms with Gasteiger partial charge < -0.3 is 15.1 Å². The van der Waals surface area contributed by atoms with Gasteiger partial charge in [-0.25, -0.2) is 0 Å². The lowest BCUT2D eigenvalue weighted by molar-refractivity contribution is -0.127. The summed E-state index contributed by atoms with van der Waals surface area (Å²) >= 11 is 1.53. The fourth-order valence-corrected chi connectivity index (χ4v) is 2.76. The highest BCUT2D eigenvalue weighted by Gasteiger charge is 2.11. The predicted octanol–water partition coefficient (Wildman–Crippen LogP) is 2.92. The van der Waals surface area contributed by atoms with E-state index in [0.29, 0.717) is 12.3 Å². The van der Waals surface area contributed by atoms with Gasteiger partial charge in [0.05, 0.1) is 18.6 Å². The number of nitrogens with two attached hydrogens (primary N) is 1. The SMILES string of the molecule is Cc1cc(N)ccc1SCC(=O)N(C)Cc1ccco1. The molecule has 0 bridgehead atoms. The van der Waals surface area contributed by atoms with Crippen molar-refractivity contribution in [3.63, 3.8) is 0 Å². The number of hydrogen-bond donors (Lipinski definition) is 1. The smallest absolute Gasteiger partial charge is 0.233 e. The number of nitrogen functional groups attached to an aromatic ring is 1. The quantitative estimate of drug-likeness (QED) is 0.679. The maximum Gasteiger partial charge on any atom is 0.233 e. The molecule has 1 aromatic heterocycles. The number of carbonyl (C=O) groups excluding carboxylic acids is 1. The van der Waals surface area contributed by atoms with Crippen LogP contribution in [-0.2, 0) is 11.3 Å².